The van der Waals surface area contributed by atoms with Crippen LogP contribution in [0.1, 0.15) is 25.8 Å². The van der Waals surface area contributed by atoms with E-state index in [2.05, 4.69) is 25.2 Å². The molecule has 1 aliphatic heterocycles. The van der Waals surface area contributed by atoms with Gasteiger partial charge in [-0.15, -0.1) is 0 Å². The fourth-order valence-corrected chi connectivity index (χ4v) is 2.27. The molecule has 4 heteroatoms. The molecule has 104 valence electrons. The summed E-state index contributed by atoms with van der Waals surface area (Å²) in [5, 5.41) is 3.93. The van der Waals surface area contributed by atoms with Crippen molar-refractivity contribution in [2.75, 3.05) is 19.8 Å². The Morgan fingerprint density at radius 2 is 2.16 bits per heavy atom. The molecule has 1 N–H and O–H groups in total. The van der Waals surface area contributed by atoms with Crippen molar-refractivity contribution in [2.45, 2.75) is 26.3 Å². The summed E-state index contributed by atoms with van der Waals surface area (Å²) in [7, 11) is 0. The van der Waals surface area contributed by atoms with Gasteiger partial charge < -0.3 is 14.8 Å². The van der Waals surface area contributed by atoms with Gasteiger partial charge in [-0.25, -0.2) is 0 Å². The molecule has 0 bridgehead atoms. The van der Waals surface area contributed by atoms with E-state index in [0.717, 1.165) is 24.3 Å². The zero-order valence-corrected chi connectivity index (χ0v) is 12.2. The van der Waals surface area contributed by atoms with E-state index in [0.29, 0.717) is 30.0 Å². The molecule has 0 amide bonds. The van der Waals surface area contributed by atoms with Gasteiger partial charge in [0.25, 0.3) is 0 Å². The molecule has 1 aliphatic rings. The smallest absolute Gasteiger partial charge is 0.179 e. The first-order valence-corrected chi connectivity index (χ1v) is 7.09. The molecule has 1 aromatic rings. The van der Waals surface area contributed by atoms with Gasteiger partial charge in [0.1, 0.15) is 0 Å². The van der Waals surface area contributed by atoms with E-state index in [1.54, 1.807) is 0 Å². The fourth-order valence-electron chi connectivity index (χ4n) is 1.99. The lowest BCUT2D eigenvalue weighted by atomic mass is 10.1. The molecule has 19 heavy (non-hydrogen) atoms. The van der Waals surface area contributed by atoms with Gasteiger partial charge >= 0.3 is 0 Å². The van der Waals surface area contributed by atoms with Gasteiger partial charge in [0.2, 0.25) is 0 Å². The van der Waals surface area contributed by atoms with E-state index >= 15 is 0 Å². The molecule has 3 nitrogen and oxygen atoms in total. The Morgan fingerprint density at radius 3 is 2.95 bits per heavy atom. The maximum Gasteiger partial charge on any atom is 0.179 e. The average molecular weight is 282 g/mol. The van der Waals surface area contributed by atoms with Crippen LogP contribution in [0.3, 0.4) is 0 Å². The third-order valence-electron chi connectivity index (χ3n) is 2.93. The van der Waals surface area contributed by atoms with Crippen LogP contribution in [0, 0.1) is 0 Å². The first kappa shape index (κ1) is 14.2. The van der Waals surface area contributed by atoms with Crippen molar-refractivity contribution in [2.24, 2.45) is 0 Å². The minimum Gasteiger partial charge on any atom is -0.489 e. The molecule has 1 aromatic carbocycles. The van der Waals surface area contributed by atoms with E-state index in [1.165, 1.54) is 0 Å². The van der Waals surface area contributed by atoms with Crippen LogP contribution in [0.5, 0.6) is 11.5 Å². The molecule has 0 spiro atoms. The monoisotopic (exact) mass is 281 g/mol. The summed E-state index contributed by atoms with van der Waals surface area (Å²) < 4.78 is 11.3. The topological polar surface area (TPSA) is 30.5 Å². The van der Waals surface area contributed by atoms with Gasteiger partial charge in [-0.3, -0.25) is 0 Å². The number of ether oxygens (including phenoxy) is 2. The van der Waals surface area contributed by atoms with E-state index < -0.39 is 0 Å². The van der Waals surface area contributed by atoms with Crippen molar-refractivity contribution >= 4 is 17.7 Å². The van der Waals surface area contributed by atoms with Crippen LogP contribution in [0.4, 0.5) is 0 Å². The first-order chi connectivity index (χ1) is 9.20. The highest BCUT2D eigenvalue weighted by Gasteiger charge is 2.14. The second-order valence-electron chi connectivity index (χ2n) is 4.59. The predicted molar refractivity (Wildman–Crippen MR) is 79.2 cm³/mol. The largest absolute Gasteiger partial charge is 0.489 e. The van der Waals surface area contributed by atoms with Gasteiger partial charge in [-0.05, 0) is 31.2 Å². The second-order valence-corrected chi connectivity index (χ2v) is 4.99. The Bertz CT molecular complexity index is 460. The molecule has 0 saturated heterocycles. The summed E-state index contributed by atoms with van der Waals surface area (Å²) in [6.45, 7) is 6.48. The maximum absolute atomic E-state index is 6.24. The summed E-state index contributed by atoms with van der Waals surface area (Å²) in [6.07, 6.45) is 5.04. The van der Waals surface area contributed by atoms with E-state index in [9.17, 15) is 0 Å². The first-order valence-electron chi connectivity index (χ1n) is 6.71. The molecule has 0 radical (unpaired) electrons. The predicted octanol–water partition coefficient (Wildman–Crippen LogP) is 3.51. The molecule has 0 aromatic heterocycles. The molecule has 0 fully saturated rings. The summed E-state index contributed by atoms with van der Waals surface area (Å²) in [5.74, 6) is 1.40. The van der Waals surface area contributed by atoms with Crippen molar-refractivity contribution in [1.82, 2.24) is 5.32 Å². The number of fused-ring (bicyclic) bond motifs is 1. The molecule has 1 atom stereocenters. The Kier molecular flexibility index (Phi) is 5.11. The van der Waals surface area contributed by atoms with E-state index in [1.807, 2.05) is 18.2 Å². The van der Waals surface area contributed by atoms with Crippen LogP contribution in [0.15, 0.2) is 18.2 Å². The van der Waals surface area contributed by atoms with Crippen LogP contribution < -0.4 is 14.8 Å². The van der Waals surface area contributed by atoms with E-state index in [4.69, 9.17) is 21.1 Å². The lowest BCUT2D eigenvalue weighted by molar-refractivity contribution is 0.297. The zero-order chi connectivity index (χ0) is 13.7. The highest BCUT2D eigenvalue weighted by molar-refractivity contribution is 6.32. The Labute approximate surface area is 119 Å². The quantitative estimate of drug-likeness (QED) is 0.916. The van der Waals surface area contributed by atoms with Crippen LogP contribution in [-0.2, 0) is 0 Å². The van der Waals surface area contributed by atoms with Crippen molar-refractivity contribution in [3.8, 4) is 11.5 Å². The Morgan fingerprint density at radius 1 is 1.37 bits per heavy atom. The van der Waals surface area contributed by atoms with Crippen molar-refractivity contribution in [1.29, 1.82) is 0 Å². The van der Waals surface area contributed by atoms with Crippen molar-refractivity contribution in [3.63, 3.8) is 0 Å². The number of rotatable bonds is 4. The van der Waals surface area contributed by atoms with Crippen molar-refractivity contribution < 1.29 is 9.47 Å². The number of halogens is 1. The molecule has 1 heterocycles. The lowest BCUT2D eigenvalue weighted by Crippen LogP contribution is -2.22. The second kappa shape index (κ2) is 6.83. The number of hydrogen-bond donors (Lipinski definition) is 1. The minimum atomic E-state index is 0.333. The molecule has 0 saturated carbocycles. The third-order valence-corrected chi connectivity index (χ3v) is 3.21. The SMILES string of the molecule is CCNC(C)/C=C/c1cc(Cl)c2c(c1)OCCCO2. The molecule has 1 unspecified atom stereocenters. The standard InChI is InChI=1S/C15H20ClNO2/c1-3-17-11(2)5-6-12-9-13(16)15-14(10-12)18-7-4-8-19-15/h5-6,9-11,17H,3-4,7-8H2,1-2H3/b6-5+. The zero-order valence-electron chi connectivity index (χ0n) is 11.4. The van der Waals surface area contributed by atoms with Crippen LogP contribution in [0.25, 0.3) is 6.08 Å². The average Bonchev–Trinajstić information content (AvgIpc) is 2.62. The van der Waals surface area contributed by atoms with Crippen LogP contribution >= 0.6 is 11.6 Å². The van der Waals surface area contributed by atoms with Crippen LogP contribution in [0.2, 0.25) is 5.02 Å². The molecular formula is C15H20ClNO2. The van der Waals surface area contributed by atoms with Gasteiger partial charge in [0.15, 0.2) is 11.5 Å². The number of benzene rings is 1. The highest BCUT2D eigenvalue weighted by Crippen LogP contribution is 2.38. The number of likely N-dealkylation sites (N-methyl/N-ethyl adjacent to an activating group) is 1. The van der Waals surface area contributed by atoms with Gasteiger partial charge in [-0.2, -0.15) is 0 Å². The summed E-state index contributed by atoms with van der Waals surface area (Å²) in [4.78, 5) is 0. The normalized spacial score (nSPS) is 16.4. The highest BCUT2D eigenvalue weighted by atomic mass is 35.5. The summed E-state index contributed by atoms with van der Waals surface area (Å²) in [6, 6.07) is 4.21. The van der Waals surface area contributed by atoms with E-state index in [-0.39, 0.29) is 0 Å². The number of hydrogen-bond acceptors (Lipinski definition) is 3. The van der Waals surface area contributed by atoms with Crippen molar-refractivity contribution in [3.05, 3.63) is 28.8 Å². The maximum atomic E-state index is 6.24. The number of nitrogens with one attached hydrogen (secondary N) is 1. The molecular weight excluding hydrogens is 262 g/mol. The molecule has 2 rings (SSSR count). The van der Waals surface area contributed by atoms with Gasteiger partial charge in [0, 0.05) is 12.5 Å². The lowest BCUT2D eigenvalue weighted by Gasteiger charge is -2.10. The van der Waals surface area contributed by atoms with Gasteiger partial charge in [0.05, 0.1) is 18.2 Å². The Hall–Kier alpha value is -1.19. The fraction of sp³-hybridized carbons (Fsp3) is 0.467. The Balaban J connectivity index is 2.19. The molecule has 0 aliphatic carbocycles. The minimum absolute atomic E-state index is 0.333. The van der Waals surface area contributed by atoms with Crippen LogP contribution in [-0.4, -0.2) is 25.8 Å². The third kappa shape index (κ3) is 3.88. The summed E-state index contributed by atoms with van der Waals surface area (Å²) >= 11 is 6.24. The van der Waals surface area contributed by atoms with Gasteiger partial charge in [-0.1, -0.05) is 30.7 Å². The summed E-state index contributed by atoms with van der Waals surface area (Å²) in [5.41, 5.74) is 1.03.